The predicted molar refractivity (Wildman–Crippen MR) is 74.1 cm³/mol. The van der Waals surface area contributed by atoms with E-state index in [-0.39, 0.29) is 5.97 Å². The zero-order valence-electron chi connectivity index (χ0n) is 12.0. The molecule has 0 aromatic heterocycles. The monoisotopic (exact) mass is 255 g/mol. The fourth-order valence-electron chi connectivity index (χ4n) is 2.08. The highest BCUT2D eigenvalue weighted by Crippen LogP contribution is 2.12. The molecule has 0 unspecified atom stereocenters. The second kappa shape index (κ2) is 10.4. The van der Waals surface area contributed by atoms with E-state index in [0.29, 0.717) is 6.42 Å². The van der Waals surface area contributed by atoms with Crippen molar-refractivity contribution in [1.82, 2.24) is 5.06 Å². The Morgan fingerprint density at radius 3 is 1.89 bits per heavy atom. The molecule has 0 spiro atoms. The van der Waals surface area contributed by atoms with Gasteiger partial charge in [0.25, 0.3) is 0 Å². The first-order chi connectivity index (χ1) is 8.83. The average Bonchev–Trinajstić information content (AvgIpc) is 3.15. The van der Waals surface area contributed by atoms with Crippen LogP contribution in [0.15, 0.2) is 0 Å². The van der Waals surface area contributed by atoms with E-state index in [2.05, 4.69) is 6.92 Å². The van der Waals surface area contributed by atoms with Gasteiger partial charge in [0, 0.05) is 6.42 Å². The summed E-state index contributed by atoms with van der Waals surface area (Å²) in [6.45, 7) is 4.10. The van der Waals surface area contributed by atoms with Crippen molar-refractivity contribution in [3.8, 4) is 0 Å². The number of rotatable bonds is 12. The Morgan fingerprint density at radius 1 is 0.889 bits per heavy atom. The molecule has 1 fully saturated rings. The van der Waals surface area contributed by atoms with E-state index in [1.165, 1.54) is 57.8 Å². The molecule has 18 heavy (non-hydrogen) atoms. The molecule has 1 heterocycles. The molecule has 1 aliphatic heterocycles. The van der Waals surface area contributed by atoms with Crippen molar-refractivity contribution >= 4 is 5.97 Å². The maximum Gasteiger partial charge on any atom is 0.325 e. The Labute approximate surface area is 112 Å². The third-order valence-corrected chi connectivity index (χ3v) is 3.37. The Kier molecular flexibility index (Phi) is 8.92. The maximum absolute atomic E-state index is 11.3. The molecule has 0 aliphatic carbocycles. The molecular formula is C15H29NO2. The van der Waals surface area contributed by atoms with Crippen LogP contribution in [0.1, 0.15) is 77.6 Å². The van der Waals surface area contributed by atoms with Crippen LogP contribution in [-0.2, 0) is 9.63 Å². The van der Waals surface area contributed by atoms with E-state index in [1.54, 1.807) is 5.06 Å². The van der Waals surface area contributed by atoms with Gasteiger partial charge in [-0.3, -0.25) is 4.79 Å². The van der Waals surface area contributed by atoms with E-state index < -0.39 is 0 Å². The molecule has 1 rings (SSSR count). The van der Waals surface area contributed by atoms with Gasteiger partial charge in [-0.15, -0.1) is 5.06 Å². The SMILES string of the molecule is CCCCCCCCCCCCC(=O)ON1CC1. The predicted octanol–water partition coefficient (Wildman–Crippen LogP) is 4.07. The first-order valence-electron chi connectivity index (χ1n) is 7.78. The van der Waals surface area contributed by atoms with Gasteiger partial charge in [0.2, 0.25) is 0 Å². The number of hydrogen-bond donors (Lipinski definition) is 0. The second-order valence-corrected chi connectivity index (χ2v) is 5.32. The summed E-state index contributed by atoms with van der Waals surface area (Å²) in [6.07, 6.45) is 13.6. The van der Waals surface area contributed by atoms with Crippen molar-refractivity contribution in [3.63, 3.8) is 0 Å². The molecule has 0 atom stereocenters. The molecule has 0 aromatic carbocycles. The van der Waals surface area contributed by atoms with Crippen LogP contribution in [0.25, 0.3) is 0 Å². The Bertz CT molecular complexity index is 215. The van der Waals surface area contributed by atoms with Gasteiger partial charge in [-0.2, -0.15) is 0 Å². The summed E-state index contributed by atoms with van der Waals surface area (Å²) < 4.78 is 0. The molecule has 1 aliphatic rings. The third kappa shape index (κ3) is 9.46. The van der Waals surface area contributed by atoms with Gasteiger partial charge in [-0.05, 0) is 6.42 Å². The number of hydrogen-bond acceptors (Lipinski definition) is 3. The Morgan fingerprint density at radius 2 is 1.39 bits per heavy atom. The van der Waals surface area contributed by atoms with Gasteiger partial charge in [-0.1, -0.05) is 64.7 Å². The lowest BCUT2D eigenvalue weighted by Crippen LogP contribution is -2.08. The molecule has 0 aromatic rings. The van der Waals surface area contributed by atoms with E-state index in [4.69, 9.17) is 4.84 Å². The summed E-state index contributed by atoms with van der Waals surface area (Å²) >= 11 is 0. The minimum Gasteiger partial charge on any atom is -0.368 e. The van der Waals surface area contributed by atoms with Gasteiger partial charge in [0.1, 0.15) is 0 Å². The molecule has 3 nitrogen and oxygen atoms in total. The van der Waals surface area contributed by atoms with Gasteiger partial charge >= 0.3 is 5.97 Å². The molecule has 0 saturated carbocycles. The summed E-state index contributed by atoms with van der Waals surface area (Å²) in [7, 11) is 0. The number of nitrogens with zero attached hydrogens (tertiary/aromatic N) is 1. The average molecular weight is 255 g/mol. The van der Waals surface area contributed by atoms with Gasteiger partial charge in [-0.25, -0.2) is 0 Å². The molecule has 106 valence electrons. The van der Waals surface area contributed by atoms with Crippen LogP contribution in [0.3, 0.4) is 0 Å². The molecule has 3 heteroatoms. The van der Waals surface area contributed by atoms with Crippen LogP contribution >= 0.6 is 0 Å². The minimum absolute atomic E-state index is 0.0490. The van der Waals surface area contributed by atoms with Crippen molar-refractivity contribution < 1.29 is 9.63 Å². The molecule has 0 amide bonds. The molecular weight excluding hydrogens is 226 g/mol. The first kappa shape index (κ1) is 15.5. The van der Waals surface area contributed by atoms with Crippen molar-refractivity contribution in [1.29, 1.82) is 0 Å². The standard InChI is InChI=1S/C15H29NO2/c1-2-3-4-5-6-7-8-9-10-11-12-15(17)18-16-13-14-16/h2-14H2,1H3. The summed E-state index contributed by atoms with van der Waals surface area (Å²) in [5.41, 5.74) is 0. The van der Waals surface area contributed by atoms with Crippen molar-refractivity contribution in [2.45, 2.75) is 77.6 Å². The van der Waals surface area contributed by atoms with Crippen LogP contribution in [0.4, 0.5) is 0 Å². The lowest BCUT2D eigenvalue weighted by Gasteiger charge is -2.03. The molecule has 1 saturated heterocycles. The van der Waals surface area contributed by atoms with Gasteiger partial charge < -0.3 is 4.84 Å². The smallest absolute Gasteiger partial charge is 0.325 e. The topological polar surface area (TPSA) is 29.3 Å². The Balaban J connectivity index is 1.71. The van der Waals surface area contributed by atoms with E-state index in [1.807, 2.05) is 0 Å². The van der Waals surface area contributed by atoms with Crippen LogP contribution in [0, 0.1) is 0 Å². The summed E-state index contributed by atoms with van der Waals surface area (Å²) in [5.74, 6) is -0.0490. The molecule has 0 bridgehead atoms. The number of carbonyl (C=O) groups is 1. The van der Waals surface area contributed by atoms with Crippen molar-refractivity contribution in [2.24, 2.45) is 0 Å². The second-order valence-electron chi connectivity index (χ2n) is 5.32. The summed E-state index contributed by atoms with van der Waals surface area (Å²) in [6, 6.07) is 0. The largest absolute Gasteiger partial charge is 0.368 e. The van der Waals surface area contributed by atoms with Crippen LogP contribution in [0.2, 0.25) is 0 Å². The zero-order chi connectivity index (χ0) is 13.1. The molecule has 0 N–H and O–H groups in total. The zero-order valence-corrected chi connectivity index (χ0v) is 12.0. The van der Waals surface area contributed by atoms with Crippen molar-refractivity contribution in [2.75, 3.05) is 13.1 Å². The first-order valence-corrected chi connectivity index (χ1v) is 7.78. The van der Waals surface area contributed by atoms with Crippen LogP contribution in [0.5, 0.6) is 0 Å². The van der Waals surface area contributed by atoms with E-state index in [0.717, 1.165) is 19.5 Å². The summed E-state index contributed by atoms with van der Waals surface area (Å²) in [5, 5.41) is 1.71. The normalized spacial score (nSPS) is 14.7. The van der Waals surface area contributed by atoms with Crippen molar-refractivity contribution in [3.05, 3.63) is 0 Å². The third-order valence-electron chi connectivity index (χ3n) is 3.37. The van der Waals surface area contributed by atoms with Crippen LogP contribution < -0.4 is 0 Å². The van der Waals surface area contributed by atoms with E-state index >= 15 is 0 Å². The van der Waals surface area contributed by atoms with Gasteiger partial charge in [0.15, 0.2) is 0 Å². The quantitative estimate of drug-likeness (QED) is 0.389. The maximum atomic E-state index is 11.3. The number of unbranched alkanes of at least 4 members (excludes halogenated alkanes) is 9. The molecule has 0 radical (unpaired) electrons. The number of carbonyl (C=O) groups excluding carboxylic acids is 1. The lowest BCUT2D eigenvalue weighted by molar-refractivity contribution is -0.166. The van der Waals surface area contributed by atoms with E-state index in [9.17, 15) is 4.79 Å². The van der Waals surface area contributed by atoms with Crippen LogP contribution in [-0.4, -0.2) is 24.1 Å². The summed E-state index contributed by atoms with van der Waals surface area (Å²) in [4.78, 5) is 16.3. The highest BCUT2D eigenvalue weighted by molar-refractivity contribution is 5.69. The fraction of sp³-hybridized carbons (Fsp3) is 0.933. The van der Waals surface area contributed by atoms with Gasteiger partial charge in [0.05, 0.1) is 13.1 Å². The minimum atomic E-state index is -0.0490. The highest BCUT2D eigenvalue weighted by Gasteiger charge is 2.21. The highest BCUT2D eigenvalue weighted by atomic mass is 16.7. The Hall–Kier alpha value is -0.570. The number of hydroxylamine groups is 2. The lowest BCUT2D eigenvalue weighted by atomic mass is 10.1. The fourth-order valence-corrected chi connectivity index (χ4v) is 2.08.